The summed E-state index contributed by atoms with van der Waals surface area (Å²) >= 11 is 0. The molecular weight excluding hydrogens is 498 g/mol. The van der Waals surface area contributed by atoms with Crippen molar-refractivity contribution in [3.05, 3.63) is 64.7 Å². The van der Waals surface area contributed by atoms with E-state index in [0.29, 0.717) is 23.3 Å². The number of ether oxygens (including phenoxy) is 2. The van der Waals surface area contributed by atoms with Crippen molar-refractivity contribution in [2.75, 3.05) is 13.2 Å². The second-order valence-electron chi connectivity index (χ2n) is 9.50. The van der Waals surface area contributed by atoms with Crippen LogP contribution in [0.5, 0.6) is 5.75 Å². The minimum Gasteiger partial charge on any atom is -0.491 e. The second kappa shape index (κ2) is 11.4. The van der Waals surface area contributed by atoms with Crippen LogP contribution in [0.25, 0.3) is 0 Å². The number of fused-ring (bicyclic) bond motifs is 1. The number of amides is 3. The van der Waals surface area contributed by atoms with Crippen molar-refractivity contribution in [3.8, 4) is 5.75 Å². The largest absolute Gasteiger partial charge is 0.491 e. The molecule has 0 saturated carbocycles. The molecule has 1 fully saturated rings. The lowest BCUT2D eigenvalue weighted by Gasteiger charge is -2.29. The van der Waals surface area contributed by atoms with Gasteiger partial charge in [0.15, 0.2) is 0 Å². The molecule has 1 N–H and O–H groups in total. The molecule has 2 aromatic rings. The van der Waals surface area contributed by atoms with Crippen molar-refractivity contribution < 1.29 is 38.8 Å². The van der Waals surface area contributed by atoms with E-state index in [1.807, 2.05) is 13.8 Å². The number of piperidine rings is 1. The van der Waals surface area contributed by atoms with Crippen LogP contribution in [0.15, 0.2) is 42.5 Å². The Morgan fingerprint density at radius 3 is 2.71 bits per heavy atom. The first-order valence-electron chi connectivity index (χ1n) is 13.0. The number of carbonyl (C=O) groups excluding carboxylic acids is 4. The highest BCUT2D eigenvalue weighted by molar-refractivity contribution is 6.05. The molecule has 3 amide bonds. The number of Topliss-reactive ketones (excluding diaryl/α,β-unsaturated/α-hetero) is 1. The van der Waals surface area contributed by atoms with Gasteiger partial charge in [-0.25, -0.2) is 0 Å². The van der Waals surface area contributed by atoms with Crippen LogP contribution in [0.2, 0.25) is 0 Å². The molecule has 1 saturated heterocycles. The van der Waals surface area contributed by atoms with Crippen molar-refractivity contribution in [1.29, 1.82) is 0 Å². The van der Waals surface area contributed by atoms with Crippen LogP contribution in [0.3, 0.4) is 0 Å². The van der Waals surface area contributed by atoms with Gasteiger partial charge in [-0.05, 0) is 56.0 Å². The maximum Gasteiger partial charge on any atom is 0.330 e. The Bertz CT molecular complexity index is 1300. The lowest BCUT2D eigenvalue weighted by Crippen LogP contribution is -2.52. The third-order valence-electron chi connectivity index (χ3n) is 6.39. The first-order valence-corrected chi connectivity index (χ1v) is 12.5. The van der Waals surface area contributed by atoms with Gasteiger partial charge in [0.05, 0.1) is 14.1 Å². The molecule has 1 unspecified atom stereocenters. The average molecular weight is 530 g/mol. The second-order valence-corrected chi connectivity index (χ2v) is 9.50. The normalized spacial score (nSPS) is 19.9. The lowest BCUT2D eigenvalue weighted by atomic mass is 9.97. The van der Waals surface area contributed by atoms with Crippen molar-refractivity contribution in [3.63, 3.8) is 0 Å². The molecule has 0 radical (unpaired) electrons. The Morgan fingerprint density at radius 1 is 1.18 bits per heavy atom. The average Bonchev–Trinajstić information content (AvgIpc) is 3.23. The molecule has 2 aliphatic heterocycles. The number of rotatable bonds is 11. The van der Waals surface area contributed by atoms with E-state index in [-0.39, 0.29) is 44.3 Å². The highest BCUT2D eigenvalue weighted by Gasteiger charge is 2.41. The Labute approximate surface area is 220 Å². The quantitative estimate of drug-likeness (QED) is 0.353. The van der Waals surface area contributed by atoms with Crippen molar-refractivity contribution in [1.82, 2.24) is 10.2 Å². The van der Waals surface area contributed by atoms with E-state index in [1.165, 1.54) is 24.3 Å². The van der Waals surface area contributed by atoms with Gasteiger partial charge in [-0.2, -0.15) is 8.78 Å². The molecule has 0 aliphatic carbocycles. The highest BCUT2D eigenvalue weighted by atomic mass is 19.3. The first-order chi connectivity index (χ1) is 18.4. The lowest BCUT2D eigenvalue weighted by molar-refractivity contribution is -0.144. The fourth-order valence-electron chi connectivity index (χ4n) is 4.41. The van der Waals surface area contributed by atoms with Gasteiger partial charge in [-0.3, -0.25) is 24.5 Å². The number of ketones is 1. The van der Waals surface area contributed by atoms with E-state index in [9.17, 15) is 28.0 Å². The smallest absolute Gasteiger partial charge is 0.330 e. The Hall–Kier alpha value is -3.66. The number of carbonyl (C=O) groups is 4. The van der Waals surface area contributed by atoms with Crippen LogP contribution in [0.4, 0.5) is 8.78 Å². The SMILES string of the molecule is [2H]C1(N2Cc3cc(CCC(=O)C(F)(F)c4cccc(OCCOC(C)C)c4)ccc3C2=O)CCC(=O)NC1=O. The molecule has 0 spiro atoms. The maximum absolute atomic E-state index is 15.0. The van der Waals surface area contributed by atoms with Gasteiger partial charge in [-0.1, -0.05) is 24.3 Å². The van der Waals surface area contributed by atoms with Crippen molar-refractivity contribution >= 4 is 23.5 Å². The van der Waals surface area contributed by atoms with Crippen molar-refractivity contribution in [2.24, 2.45) is 0 Å². The number of hydrogen-bond acceptors (Lipinski definition) is 6. The summed E-state index contributed by atoms with van der Waals surface area (Å²) in [6.45, 7) is 4.20. The predicted octanol–water partition coefficient (Wildman–Crippen LogP) is 3.55. The molecule has 202 valence electrons. The summed E-state index contributed by atoms with van der Waals surface area (Å²) in [6, 6.07) is 8.05. The highest BCUT2D eigenvalue weighted by Crippen LogP contribution is 2.33. The fraction of sp³-hybridized carbons (Fsp3) is 0.429. The number of aryl methyl sites for hydroxylation is 1. The maximum atomic E-state index is 15.0. The fourth-order valence-corrected chi connectivity index (χ4v) is 4.41. The third kappa shape index (κ3) is 6.07. The van der Waals surface area contributed by atoms with Crippen LogP contribution in [0, 0.1) is 0 Å². The Morgan fingerprint density at radius 2 is 1.97 bits per heavy atom. The van der Waals surface area contributed by atoms with Gasteiger partial charge >= 0.3 is 5.92 Å². The monoisotopic (exact) mass is 529 g/mol. The number of hydrogen-bond donors (Lipinski definition) is 1. The van der Waals surface area contributed by atoms with Crippen LogP contribution >= 0.6 is 0 Å². The summed E-state index contributed by atoms with van der Waals surface area (Å²) in [5.74, 6) is -6.63. The topological polar surface area (TPSA) is 102 Å². The zero-order chi connectivity index (χ0) is 28.4. The summed E-state index contributed by atoms with van der Waals surface area (Å²) in [7, 11) is 0. The zero-order valence-electron chi connectivity index (χ0n) is 22.2. The predicted molar refractivity (Wildman–Crippen MR) is 133 cm³/mol. The number of alkyl halides is 2. The summed E-state index contributed by atoms with van der Waals surface area (Å²) in [4.78, 5) is 50.4. The number of nitrogens with one attached hydrogen (secondary N) is 1. The van der Waals surface area contributed by atoms with Gasteiger partial charge in [0, 0.05) is 30.5 Å². The van der Waals surface area contributed by atoms with Gasteiger partial charge in [-0.15, -0.1) is 0 Å². The molecule has 2 aromatic carbocycles. The van der Waals surface area contributed by atoms with Crippen LogP contribution in [-0.2, 0) is 38.0 Å². The molecule has 38 heavy (non-hydrogen) atoms. The number of nitrogens with zero attached hydrogens (tertiary/aromatic N) is 1. The van der Waals surface area contributed by atoms with Gasteiger partial charge in [0.2, 0.25) is 17.6 Å². The third-order valence-corrected chi connectivity index (χ3v) is 6.39. The van der Waals surface area contributed by atoms with E-state index < -0.39 is 47.4 Å². The van der Waals surface area contributed by atoms with Crippen molar-refractivity contribution in [2.45, 2.75) is 64.1 Å². The molecular formula is C28H30F2N2O6. The summed E-state index contributed by atoms with van der Waals surface area (Å²) < 4.78 is 49.4. The van der Waals surface area contributed by atoms with E-state index >= 15 is 0 Å². The number of benzene rings is 2. The minimum atomic E-state index is -3.72. The zero-order valence-corrected chi connectivity index (χ0v) is 21.2. The van der Waals surface area contributed by atoms with E-state index in [1.54, 1.807) is 12.1 Å². The Balaban J connectivity index is 1.39. The molecule has 4 rings (SSSR count). The van der Waals surface area contributed by atoms with Crippen LogP contribution in [-0.4, -0.2) is 53.7 Å². The molecule has 0 aromatic heterocycles. The number of imide groups is 1. The summed E-state index contributed by atoms with van der Waals surface area (Å²) in [5.41, 5.74) is 0.925. The first kappa shape index (κ1) is 26.0. The Kier molecular flexibility index (Phi) is 7.78. The van der Waals surface area contributed by atoms with Gasteiger partial charge < -0.3 is 14.4 Å². The summed E-state index contributed by atoms with van der Waals surface area (Å²) in [6.07, 6.45) is -0.584. The van der Waals surface area contributed by atoms with Crippen LogP contribution in [0.1, 0.15) is 61.5 Å². The van der Waals surface area contributed by atoms with Crippen LogP contribution < -0.4 is 10.1 Å². The van der Waals surface area contributed by atoms with E-state index in [4.69, 9.17) is 10.8 Å². The van der Waals surface area contributed by atoms with E-state index in [2.05, 4.69) is 5.32 Å². The van der Waals surface area contributed by atoms with Gasteiger partial charge in [0.25, 0.3) is 5.91 Å². The molecule has 2 heterocycles. The molecule has 1 atom stereocenters. The van der Waals surface area contributed by atoms with E-state index in [0.717, 1.165) is 11.0 Å². The molecule has 2 aliphatic rings. The molecule has 8 nitrogen and oxygen atoms in total. The standard InChI is InChI=1S/C28H30F2N2O6/c1-17(2)37-12-13-38-21-5-3-4-20(15-21)28(29,30)24(33)10-7-18-6-8-22-19(14-18)16-32(27(22)36)23-9-11-25(34)31-26(23)35/h3-6,8,14-15,17,23H,7,9-13,16H2,1-2H3,(H,31,34,35)/i23D. The molecule has 0 bridgehead atoms. The molecule has 10 heteroatoms. The number of halogens is 2. The van der Waals surface area contributed by atoms with Gasteiger partial charge in [0.1, 0.15) is 18.4 Å². The minimum absolute atomic E-state index is 0.0135. The summed E-state index contributed by atoms with van der Waals surface area (Å²) in [5, 5.41) is 2.10.